The maximum Gasteiger partial charge on any atom is 0.0387 e. The molecule has 0 bridgehead atoms. The Bertz CT molecular complexity index is 348. The van der Waals surface area contributed by atoms with E-state index in [-0.39, 0.29) is 0 Å². The predicted molar refractivity (Wildman–Crippen MR) is 71.9 cm³/mol. The SMILES string of the molecule is CN(C)Cc1ccc(CN2CCCCC2)n1C. The lowest BCUT2D eigenvalue weighted by Crippen LogP contribution is -2.30. The number of piperidine rings is 1. The summed E-state index contributed by atoms with van der Waals surface area (Å²) in [6, 6.07) is 4.55. The zero-order chi connectivity index (χ0) is 12.3. The molecular weight excluding hydrogens is 210 g/mol. The van der Waals surface area contributed by atoms with Gasteiger partial charge in [-0.1, -0.05) is 6.42 Å². The number of aromatic nitrogens is 1. The fraction of sp³-hybridized carbons (Fsp3) is 0.714. The second-order valence-corrected chi connectivity index (χ2v) is 5.45. The Morgan fingerprint density at radius 2 is 1.71 bits per heavy atom. The van der Waals surface area contributed by atoms with Crippen molar-refractivity contribution in [2.45, 2.75) is 32.4 Å². The van der Waals surface area contributed by atoms with Gasteiger partial charge in [0.25, 0.3) is 0 Å². The summed E-state index contributed by atoms with van der Waals surface area (Å²) in [7, 11) is 6.44. The van der Waals surface area contributed by atoms with Gasteiger partial charge in [-0.15, -0.1) is 0 Å². The minimum atomic E-state index is 1.02. The van der Waals surface area contributed by atoms with Gasteiger partial charge in [0.15, 0.2) is 0 Å². The van der Waals surface area contributed by atoms with Crippen molar-refractivity contribution < 1.29 is 0 Å². The summed E-state index contributed by atoms with van der Waals surface area (Å²) in [5.74, 6) is 0. The van der Waals surface area contributed by atoms with Gasteiger partial charge in [-0.3, -0.25) is 4.90 Å². The van der Waals surface area contributed by atoms with Crippen LogP contribution in [0, 0.1) is 0 Å². The minimum Gasteiger partial charge on any atom is -0.349 e. The predicted octanol–water partition coefficient (Wildman–Crippen LogP) is 2.07. The zero-order valence-corrected chi connectivity index (χ0v) is 11.4. The van der Waals surface area contributed by atoms with Crippen LogP contribution in [0.2, 0.25) is 0 Å². The lowest BCUT2D eigenvalue weighted by Gasteiger charge is -2.26. The summed E-state index contributed by atoms with van der Waals surface area (Å²) in [5.41, 5.74) is 2.85. The third kappa shape index (κ3) is 3.33. The van der Waals surface area contributed by atoms with E-state index < -0.39 is 0 Å². The highest BCUT2D eigenvalue weighted by molar-refractivity contribution is 5.16. The molecule has 0 amide bonds. The number of rotatable bonds is 4. The van der Waals surface area contributed by atoms with Gasteiger partial charge < -0.3 is 9.47 Å². The van der Waals surface area contributed by atoms with E-state index in [0.29, 0.717) is 0 Å². The first-order valence-electron chi connectivity index (χ1n) is 6.67. The minimum absolute atomic E-state index is 1.02. The third-order valence-corrected chi connectivity index (χ3v) is 3.64. The molecule has 2 heterocycles. The summed E-state index contributed by atoms with van der Waals surface area (Å²) >= 11 is 0. The molecule has 0 atom stereocenters. The van der Waals surface area contributed by atoms with Crippen molar-refractivity contribution in [2.24, 2.45) is 7.05 Å². The smallest absolute Gasteiger partial charge is 0.0387 e. The highest BCUT2D eigenvalue weighted by Gasteiger charge is 2.13. The van der Waals surface area contributed by atoms with E-state index in [1.807, 2.05) is 0 Å². The average molecular weight is 235 g/mol. The summed E-state index contributed by atoms with van der Waals surface area (Å²) in [6.45, 7) is 4.68. The molecule has 0 spiro atoms. The maximum absolute atomic E-state index is 2.58. The lowest BCUT2D eigenvalue weighted by atomic mass is 10.1. The molecule has 3 nitrogen and oxygen atoms in total. The molecule has 1 saturated heterocycles. The Kier molecular flexibility index (Phi) is 4.24. The van der Waals surface area contributed by atoms with Crippen molar-refractivity contribution in [1.82, 2.24) is 14.4 Å². The van der Waals surface area contributed by atoms with Crippen LogP contribution in [0.3, 0.4) is 0 Å². The van der Waals surface area contributed by atoms with Crippen molar-refractivity contribution >= 4 is 0 Å². The summed E-state index contributed by atoms with van der Waals surface area (Å²) in [4.78, 5) is 4.80. The average Bonchev–Trinajstić information content (AvgIpc) is 2.62. The van der Waals surface area contributed by atoms with Crippen molar-refractivity contribution in [3.63, 3.8) is 0 Å². The van der Waals surface area contributed by atoms with E-state index >= 15 is 0 Å². The van der Waals surface area contributed by atoms with Crippen molar-refractivity contribution in [3.05, 3.63) is 23.5 Å². The molecule has 3 heteroatoms. The van der Waals surface area contributed by atoms with Crippen LogP contribution in [0.25, 0.3) is 0 Å². The largest absolute Gasteiger partial charge is 0.349 e. The van der Waals surface area contributed by atoms with Crippen LogP contribution in [-0.2, 0) is 20.1 Å². The molecular formula is C14H25N3. The van der Waals surface area contributed by atoms with Gasteiger partial charge in [-0.25, -0.2) is 0 Å². The van der Waals surface area contributed by atoms with Gasteiger partial charge in [-0.2, -0.15) is 0 Å². The third-order valence-electron chi connectivity index (χ3n) is 3.64. The first kappa shape index (κ1) is 12.7. The topological polar surface area (TPSA) is 11.4 Å². The van der Waals surface area contributed by atoms with E-state index in [1.165, 1.54) is 43.7 Å². The van der Waals surface area contributed by atoms with Gasteiger partial charge in [0.2, 0.25) is 0 Å². The zero-order valence-electron chi connectivity index (χ0n) is 11.4. The Morgan fingerprint density at radius 1 is 1.06 bits per heavy atom. The lowest BCUT2D eigenvalue weighted by molar-refractivity contribution is 0.216. The summed E-state index contributed by atoms with van der Waals surface area (Å²) in [6.07, 6.45) is 4.15. The Hall–Kier alpha value is -0.800. The Morgan fingerprint density at radius 3 is 2.35 bits per heavy atom. The molecule has 1 aromatic rings. The van der Waals surface area contributed by atoms with Gasteiger partial charge >= 0.3 is 0 Å². The molecule has 17 heavy (non-hydrogen) atoms. The Balaban J connectivity index is 1.98. The molecule has 0 unspecified atom stereocenters. The molecule has 2 rings (SSSR count). The van der Waals surface area contributed by atoms with Crippen LogP contribution in [0.1, 0.15) is 30.7 Å². The van der Waals surface area contributed by atoms with Gasteiger partial charge in [0.1, 0.15) is 0 Å². The van der Waals surface area contributed by atoms with E-state index in [2.05, 4.69) is 47.6 Å². The summed E-state index contributed by atoms with van der Waals surface area (Å²) in [5, 5.41) is 0. The van der Waals surface area contributed by atoms with Crippen LogP contribution in [0.15, 0.2) is 12.1 Å². The normalized spacial score (nSPS) is 17.9. The highest BCUT2D eigenvalue weighted by Crippen LogP contribution is 2.15. The standard InChI is InChI=1S/C14H25N3/c1-15(2)11-13-7-8-14(16(13)3)12-17-9-5-4-6-10-17/h7-8H,4-6,9-12H2,1-3H3. The fourth-order valence-corrected chi connectivity index (χ4v) is 2.59. The molecule has 1 aliphatic heterocycles. The molecule has 1 aliphatic rings. The number of nitrogens with zero attached hydrogens (tertiary/aromatic N) is 3. The van der Waals surface area contributed by atoms with E-state index in [1.54, 1.807) is 0 Å². The molecule has 96 valence electrons. The van der Waals surface area contributed by atoms with Gasteiger partial charge in [-0.05, 0) is 52.2 Å². The fourth-order valence-electron chi connectivity index (χ4n) is 2.59. The second kappa shape index (κ2) is 5.69. The van der Waals surface area contributed by atoms with E-state index in [9.17, 15) is 0 Å². The van der Waals surface area contributed by atoms with Gasteiger partial charge in [0.05, 0.1) is 0 Å². The first-order chi connectivity index (χ1) is 8.16. The molecule has 1 fully saturated rings. The first-order valence-corrected chi connectivity index (χ1v) is 6.67. The van der Waals surface area contributed by atoms with Crippen molar-refractivity contribution in [2.75, 3.05) is 27.2 Å². The van der Waals surface area contributed by atoms with E-state index in [0.717, 1.165) is 13.1 Å². The van der Waals surface area contributed by atoms with Crippen LogP contribution in [-0.4, -0.2) is 41.6 Å². The molecule has 0 radical (unpaired) electrons. The Labute approximate surface area is 105 Å². The van der Waals surface area contributed by atoms with Crippen molar-refractivity contribution in [3.8, 4) is 0 Å². The maximum atomic E-state index is 2.58. The number of likely N-dealkylation sites (tertiary alicyclic amines) is 1. The molecule has 1 aromatic heterocycles. The van der Waals surface area contributed by atoms with Crippen LogP contribution in [0.5, 0.6) is 0 Å². The summed E-state index contributed by atoms with van der Waals surface area (Å²) < 4.78 is 2.36. The van der Waals surface area contributed by atoms with Crippen molar-refractivity contribution in [1.29, 1.82) is 0 Å². The second-order valence-electron chi connectivity index (χ2n) is 5.45. The van der Waals surface area contributed by atoms with Gasteiger partial charge in [0, 0.05) is 31.5 Å². The molecule has 0 saturated carbocycles. The molecule has 0 N–H and O–H groups in total. The van der Waals surface area contributed by atoms with Crippen LogP contribution >= 0.6 is 0 Å². The van der Waals surface area contributed by atoms with Crippen LogP contribution in [0.4, 0.5) is 0 Å². The number of hydrogen-bond donors (Lipinski definition) is 0. The quantitative estimate of drug-likeness (QED) is 0.791. The highest BCUT2D eigenvalue weighted by atomic mass is 15.2. The number of hydrogen-bond acceptors (Lipinski definition) is 2. The monoisotopic (exact) mass is 235 g/mol. The molecule has 0 aromatic carbocycles. The molecule has 0 aliphatic carbocycles. The van der Waals surface area contributed by atoms with Crippen LogP contribution < -0.4 is 0 Å². The van der Waals surface area contributed by atoms with E-state index in [4.69, 9.17) is 0 Å².